The summed E-state index contributed by atoms with van der Waals surface area (Å²) < 4.78 is 13.8. The Kier molecular flexibility index (Phi) is 4.00. The first-order valence-corrected chi connectivity index (χ1v) is 8.04. The third kappa shape index (κ3) is 2.66. The van der Waals surface area contributed by atoms with Crippen LogP contribution in [-0.2, 0) is 11.2 Å². The van der Waals surface area contributed by atoms with Crippen molar-refractivity contribution in [1.29, 1.82) is 0 Å². The molecule has 1 saturated heterocycles. The highest BCUT2D eigenvalue weighted by Crippen LogP contribution is 2.48. The number of likely N-dealkylation sites (tertiary alicyclic amines) is 1. The molecule has 0 bridgehead atoms. The van der Waals surface area contributed by atoms with Gasteiger partial charge in [-0.3, -0.25) is 4.79 Å². The van der Waals surface area contributed by atoms with E-state index in [2.05, 4.69) is 5.32 Å². The minimum atomic E-state index is -0.811. The average molecular weight is 320 g/mol. The number of carbonyl (C=O) groups excluding carboxylic acids is 1. The summed E-state index contributed by atoms with van der Waals surface area (Å²) >= 11 is 0. The second kappa shape index (κ2) is 5.83. The number of halogens is 1. The molecule has 1 heterocycles. The van der Waals surface area contributed by atoms with Crippen LogP contribution in [0.3, 0.4) is 0 Å². The van der Waals surface area contributed by atoms with Gasteiger partial charge >= 0.3 is 12.0 Å². The van der Waals surface area contributed by atoms with Crippen LogP contribution in [0, 0.1) is 17.2 Å². The normalized spacial score (nSPS) is 26.2. The van der Waals surface area contributed by atoms with Crippen molar-refractivity contribution in [3.05, 3.63) is 29.6 Å². The van der Waals surface area contributed by atoms with Gasteiger partial charge in [-0.2, -0.15) is 0 Å². The monoisotopic (exact) mass is 320 g/mol. The topological polar surface area (TPSA) is 69.6 Å². The number of fused-ring (bicyclic) bond motifs is 1. The quantitative estimate of drug-likeness (QED) is 0.899. The van der Waals surface area contributed by atoms with Gasteiger partial charge in [0.15, 0.2) is 0 Å². The molecule has 2 amide bonds. The first-order chi connectivity index (χ1) is 11.0. The maximum Gasteiger partial charge on any atom is 0.321 e. The molecule has 2 atom stereocenters. The van der Waals surface area contributed by atoms with Crippen LogP contribution >= 0.6 is 0 Å². The lowest BCUT2D eigenvalue weighted by molar-refractivity contribution is -0.149. The van der Waals surface area contributed by atoms with Crippen LogP contribution in [0.25, 0.3) is 0 Å². The van der Waals surface area contributed by atoms with E-state index in [0.29, 0.717) is 30.6 Å². The smallest absolute Gasteiger partial charge is 0.321 e. The summed E-state index contributed by atoms with van der Waals surface area (Å²) in [5.74, 6) is -1.14. The van der Waals surface area contributed by atoms with Crippen LogP contribution in [0.2, 0.25) is 0 Å². The zero-order valence-corrected chi connectivity index (χ0v) is 13.1. The predicted molar refractivity (Wildman–Crippen MR) is 83.8 cm³/mol. The average Bonchev–Trinajstić information content (AvgIpc) is 3.05. The van der Waals surface area contributed by atoms with E-state index in [4.69, 9.17) is 0 Å². The van der Waals surface area contributed by atoms with E-state index in [0.717, 1.165) is 12.8 Å². The van der Waals surface area contributed by atoms with Gasteiger partial charge in [-0.05, 0) is 42.9 Å². The minimum absolute atomic E-state index is 0.0185. The standard InChI is InChI=1S/C17H21FN2O3/c1-2-11-5-6-13(8-14(11)18)19-16(23)20-9-12-4-3-7-17(12,10-20)15(21)22/h5-6,8,12H,2-4,7,9-10H2,1H3,(H,19,23)(H,21,22)/t12-,17+/m0/s1. The van der Waals surface area contributed by atoms with Crippen molar-refractivity contribution >= 4 is 17.7 Å². The molecule has 1 aliphatic heterocycles. The van der Waals surface area contributed by atoms with E-state index in [1.54, 1.807) is 17.0 Å². The molecule has 0 spiro atoms. The second-order valence-electron chi connectivity index (χ2n) is 6.52. The number of hydrogen-bond donors (Lipinski definition) is 2. The Labute approximate surface area is 134 Å². The molecule has 0 unspecified atom stereocenters. The Morgan fingerprint density at radius 1 is 1.48 bits per heavy atom. The lowest BCUT2D eigenvalue weighted by Gasteiger charge is -2.23. The molecule has 124 valence electrons. The number of carboxylic acid groups (broad SMARTS) is 1. The molecule has 2 fully saturated rings. The van der Waals surface area contributed by atoms with E-state index in [1.165, 1.54) is 6.07 Å². The van der Waals surface area contributed by atoms with Crippen molar-refractivity contribution in [2.45, 2.75) is 32.6 Å². The fourth-order valence-electron chi connectivity index (χ4n) is 3.91. The Balaban J connectivity index is 1.70. The Bertz CT molecular complexity index is 649. The van der Waals surface area contributed by atoms with E-state index >= 15 is 0 Å². The summed E-state index contributed by atoms with van der Waals surface area (Å²) in [5.41, 5.74) is 0.198. The number of urea groups is 1. The minimum Gasteiger partial charge on any atom is -0.481 e. The fourth-order valence-corrected chi connectivity index (χ4v) is 3.91. The maximum absolute atomic E-state index is 13.8. The molecule has 1 saturated carbocycles. The van der Waals surface area contributed by atoms with Crippen LogP contribution in [0.1, 0.15) is 31.7 Å². The number of amides is 2. The molecular formula is C17H21FN2O3. The van der Waals surface area contributed by atoms with Gasteiger partial charge in [0.2, 0.25) is 0 Å². The summed E-state index contributed by atoms with van der Waals surface area (Å²) in [6.07, 6.45) is 2.96. The maximum atomic E-state index is 13.8. The lowest BCUT2D eigenvalue weighted by Crippen LogP contribution is -2.38. The van der Waals surface area contributed by atoms with Crippen LogP contribution in [0.4, 0.5) is 14.9 Å². The number of hydrogen-bond acceptors (Lipinski definition) is 2. The zero-order valence-electron chi connectivity index (χ0n) is 13.1. The van der Waals surface area contributed by atoms with Crippen molar-refractivity contribution in [3.63, 3.8) is 0 Å². The third-order valence-corrected chi connectivity index (χ3v) is 5.27. The largest absolute Gasteiger partial charge is 0.481 e. The molecule has 0 radical (unpaired) electrons. The SMILES string of the molecule is CCc1ccc(NC(=O)N2C[C@@H]3CCC[C@@]3(C(=O)O)C2)cc1F. The molecule has 0 aromatic heterocycles. The highest BCUT2D eigenvalue weighted by molar-refractivity contribution is 5.90. The summed E-state index contributed by atoms with van der Waals surface area (Å²) in [6.45, 7) is 2.55. The molecule has 5 nitrogen and oxygen atoms in total. The summed E-state index contributed by atoms with van der Waals surface area (Å²) in [6, 6.07) is 4.27. The molecule has 6 heteroatoms. The fraction of sp³-hybridized carbons (Fsp3) is 0.529. The molecule has 1 aromatic carbocycles. The molecule has 2 aliphatic rings. The first-order valence-electron chi connectivity index (χ1n) is 8.04. The van der Waals surface area contributed by atoms with Crippen molar-refractivity contribution in [2.24, 2.45) is 11.3 Å². The second-order valence-corrected chi connectivity index (χ2v) is 6.52. The predicted octanol–water partition coefficient (Wildman–Crippen LogP) is 3.11. The zero-order chi connectivity index (χ0) is 16.6. The van der Waals surface area contributed by atoms with Crippen molar-refractivity contribution < 1.29 is 19.1 Å². The van der Waals surface area contributed by atoms with Gasteiger partial charge in [0.25, 0.3) is 0 Å². The number of aryl methyl sites for hydroxylation is 1. The lowest BCUT2D eigenvalue weighted by atomic mass is 9.81. The number of nitrogens with one attached hydrogen (secondary N) is 1. The van der Waals surface area contributed by atoms with Gasteiger partial charge in [0.05, 0.1) is 5.41 Å². The van der Waals surface area contributed by atoms with Gasteiger partial charge in [-0.1, -0.05) is 19.4 Å². The first kappa shape index (κ1) is 15.8. The van der Waals surface area contributed by atoms with E-state index in [9.17, 15) is 19.1 Å². The molecule has 2 N–H and O–H groups in total. The highest BCUT2D eigenvalue weighted by atomic mass is 19.1. The summed E-state index contributed by atoms with van der Waals surface area (Å²) in [7, 11) is 0. The number of anilines is 1. The van der Waals surface area contributed by atoms with E-state index in [-0.39, 0.29) is 24.3 Å². The Hall–Kier alpha value is -2.11. The van der Waals surface area contributed by atoms with Crippen molar-refractivity contribution in [1.82, 2.24) is 4.90 Å². The van der Waals surface area contributed by atoms with Crippen LogP contribution < -0.4 is 5.32 Å². The number of benzene rings is 1. The van der Waals surface area contributed by atoms with Crippen LogP contribution in [0.5, 0.6) is 0 Å². The number of carbonyl (C=O) groups is 2. The van der Waals surface area contributed by atoms with E-state index in [1.807, 2.05) is 6.92 Å². The van der Waals surface area contributed by atoms with Crippen molar-refractivity contribution in [3.8, 4) is 0 Å². The van der Waals surface area contributed by atoms with Gasteiger partial charge in [0.1, 0.15) is 5.82 Å². The number of nitrogens with zero attached hydrogens (tertiary/aromatic N) is 1. The van der Waals surface area contributed by atoms with Gasteiger partial charge in [0, 0.05) is 18.8 Å². The third-order valence-electron chi connectivity index (χ3n) is 5.27. The highest BCUT2D eigenvalue weighted by Gasteiger charge is 2.55. The van der Waals surface area contributed by atoms with Crippen molar-refractivity contribution in [2.75, 3.05) is 18.4 Å². The molecule has 23 heavy (non-hydrogen) atoms. The Morgan fingerprint density at radius 3 is 2.87 bits per heavy atom. The molecule has 1 aromatic rings. The van der Waals surface area contributed by atoms with Gasteiger partial charge in [-0.15, -0.1) is 0 Å². The van der Waals surface area contributed by atoms with Gasteiger partial charge < -0.3 is 15.3 Å². The van der Waals surface area contributed by atoms with Crippen LogP contribution in [0.15, 0.2) is 18.2 Å². The molecular weight excluding hydrogens is 299 g/mol. The number of carboxylic acids is 1. The summed E-state index contributed by atoms with van der Waals surface area (Å²) in [4.78, 5) is 25.6. The van der Waals surface area contributed by atoms with Gasteiger partial charge in [-0.25, -0.2) is 9.18 Å². The number of rotatable bonds is 3. The number of aliphatic carboxylic acids is 1. The van der Waals surface area contributed by atoms with Crippen LogP contribution in [-0.4, -0.2) is 35.1 Å². The van der Waals surface area contributed by atoms with E-state index < -0.39 is 11.4 Å². The Morgan fingerprint density at radius 2 is 2.26 bits per heavy atom. The molecule has 1 aliphatic carbocycles. The summed E-state index contributed by atoms with van der Waals surface area (Å²) in [5, 5.41) is 12.2. The molecule has 3 rings (SSSR count).